The van der Waals surface area contributed by atoms with Crippen LogP contribution in [0.5, 0.6) is 5.75 Å². The second kappa shape index (κ2) is 8.56. The molecule has 0 radical (unpaired) electrons. The lowest BCUT2D eigenvalue weighted by Gasteiger charge is -2.09. The maximum atomic E-state index is 8.84. The second-order valence-electron chi connectivity index (χ2n) is 5.08. The number of pyridine rings is 1. The first-order valence-electron chi connectivity index (χ1n) is 7.66. The number of benzene rings is 1. The topological polar surface area (TPSA) is 98.0 Å². The van der Waals surface area contributed by atoms with E-state index in [1.807, 2.05) is 30.3 Å². The monoisotopic (exact) mass is 358 g/mol. The van der Waals surface area contributed by atoms with Crippen LogP contribution in [0.15, 0.2) is 47.6 Å². The Morgan fingerprint density at radius 3 is 2.84 bits per heavy atom. The van der Waals surface area contributed by atoms with Gasteiger partial charge in [0.05, 0.1) is 25.2 Å². The minimum Gasteiger partial charge on any atom is -0.496 e. The molecule has 3 aromatic rings. The number of methoxy groups -OCH3 is 1. The molecule has 3 rings (SSSR count). The molecule has 9 heteroatoms. The van der Waals surface area contributed by atoms with Gasteiger partial charge in [0.15, 0.2) is 0 Å². The SMILES string of the molecule is COc1cc(-c2nnn(Cc3ccncc3)n2)ccc1SNCCO. The first-order chi connectivity index (χ1) is 12.3. The standard InChI is InChI=1S/C16H18N6O2S/c1-24-14-10-13(2-3-15(14)25-18-8-9-23)16-19-21-22(20-16)11-12-4-6-17-7-5-12/h2-7,10,18,23H,8-9,11H2,1H3. The quantitative estimate of drug-likeness (QED) is 0.460. The molecule has 0 amide bonds. The van der Waals surface area contributed by atoms with Crippen LogP contribution in [-0.4, -0.2) is 50.6 Å². The summed E-state index contributed by atoms with van der Waals surface area (Å²) >= 11 is 1.40. The van der Waals surface area contributed by atoms with E-state index in [0.29, 0.717) is 24.7 Å². The van der Waals surface area contributed by atoms with Gasteiger partial charge in [0.2, 0.25) is 5.82 Å². The van der Waals surface area contributed by atoms with Crippen molar-refractivity contribution in [1.82, 2.24) is 29.9 Å². The van der Waals surface area contributed by atoms with Crippen LogP contribution < -0.4 is 9.46 Å². The minimum absolute atomic E-state index is 0.0813. The Kier molecular flexibility index (Phi) is 5.94. The zero-order chi connectivity index (χ0) is 17.5. The van der Waals surface area contributed by atoms with E-state index in [9.17, 15) is 0 Å². The van der Waals surface area contributed by atoms with Gasteiger partial charge in [0.25, 0.3) is 0 Å². The van der Waals surface area contributed by atoms with Crippen molar-refractivity contribution in [1.29, 1.82) is 0 Å². The molecule has 25 heavy (non-hydrogen) atoms. The van der Waals surface area contributed by atoms with Crippen LogP contribution >= 0.6 is 11.9 Å². The summed E-state index contributed by atoms with van der Waals surface area (Å²) in [5, 5.41) is 21.5. The summed E-state index contributed by atoms with van der Waals surface area (Å²) in [6.45, 7) is 1.12. The average Bonchev–Trinajstić information content (AvgIpc) is 3.11. The summed E-state index contributed by atoms with van der Waals surface area (Å²) in [6, 6.07) is 9.54. The maximum Gasteiger partial charge on any atom is 0.205 e. The predicted octanol–water partition coefficient (Wildman–Crippen LogP) is 1.38. The summed E-state index contributed by atoms with van der Waals surface area (Å²) in [4.78, 5) is 6.46. The number of hydrogen-bond acceptors (Lipinski definition) is 8. The summed E-state index contributed by atoms with van der Waals surface area (Å²) in [5.74, 6) is 1.24. The molecule has 0 saturated heterocycles. The van der Waals surface area contributed by atoms with Crippen molar-refractivity contribution in [3.8, 4) is 17.1 Å². The fourth-order valence-corrected chi connectivity index (χ4v) is 2.87. The van der Waals surface area contributed by atoms with Gasteiger partial charge < -0.3 is 9.84 Å². The van der Waals surface area contributed by atoms with Crippen molar-refractivity contribution in [3.63, 3.8) is 0 Å². The van der Waals surface area contributed by atoms with Crippen LogP contribution in [-0.2, 0) is 6.54 Å². The van der Waals surface area contributed by atoms with Crippen LogP contribution in [0.2, 0.25) is 0 Å². The zero-order valence-corrected chi connectivity index (χ0v) is 14.5. The molecule has 8 nitrogen and oxygen atoms in total. The highest BCUT2D eigenvalue weighted by Crippen LogP contribution is 2.31. The van der Waals surface area contributed by atoms with Gasteiger partial charge >= 0.3 is 0 Å². The number of nitrogens with zero attached hydrogens (tertiary/aromatic N) is 5. The van der Waals surface area contributed by atoms with E-state index >= 15 is 0 Å². The van der Waals surface area contributed by atoms with E-state index in [-0.39, 0.29) is 6.61 Å². The van der Waals surface area contributed by atoms with Crippen LogP contribution in [0, 0.1) is 0 Å². The molecule has 0 spiro atoms. The normalized spacial score (nSPS) is 10.8. The number of rotatable bonds is 8. The number of hydrogen-bond donors (Lipinski definition) is 2. The number of aromatic nitrogens is 5. The smallest absolute Gasteiger partial charge is 0.205 e. The molecule has 1 aromatic carbocycles. The first-order valence-corrected chi connectivity index (χ1v) is 8.47. The molecule has 2 heterocycles. The molecule has 0 aliphatic rings. The molecule has 0 fully saturated rings. The lowest BCUT2D eigenvalue weighted by molar-refractivity contribution is 0.302. The Balaban J connectivity index is 1.75. The van der Waals surface area contributed by atoms with Crippen LogP contribution in [0.25, 0.3) is 11.4 Å². The van der Waals surface area contributed by atoms with Gasteiger partial charge in [-0.15, -0.1) is 10.2 Å². The fourth-order valence-electron chi connectivity index (χ4n) is 2.14. The molecule has 130 valence electrons. The Bertz CT molecular complexity index is 811. The predicted molar refractivity (Wildman–Crippen MR) is 94.1 cm³/mol. The molecule has 2 aromatic heterocycles. The van der Waals surface area contributed by atoms with Gasteiger partial charge in [-0.1, -0.05) is 0 Å². The molecule has 2 N–H and O–H groups in total. The van der Waals surface area contributed by atoms with Gasteiger partial charge in [-0.25, -0.2) is 0 Å². The zero-order valence-electron chi connectivity index (χ0n) is 13.7. The summed E-state index contributed by atoms with van der Waals surface area (Å²) < 4.78 is 8.48. The van der Waals surface area contributed by atoms with Gasteiger partial charge in [-0.3, -0.25) is 9.71 Å². The highest BCUT2D eigenvalue weighted by atomic mass is 32.2. The number of tetrazole rings is 1. The third-order valence-corrected chi connectivity index (χ3v) is 4.25. The van der Waals surface area contributed by atoms with Crippen LogP contribution in [0.3, 0.4) is 0 Å². The average molecular weight is 358 g/mol. The van der Waals surface area contributed by atoms with Gasteiger partial charge in [0, 0.05) is 24.5 Å². The van der Waals surface area contributed by atoms with E-state index in [1.54, 1.807) is 24.3 Å². The van der Waals surface area contributed by atoms with Crippen molar-refractivity contribution in [2.45, 2.75) is 11.4 Å². The Hall–Kier alpha value is -2.49. The lowest BCUT2D eigenvalue weighted by Crippen LogP contribution is -2.09. The van der Waals surface area contributed by atoms with Gasteiger partial charge in [-0.2, -0.15) is 4.80 Å². The van der Waals surface area contributed by atoms with Gasteiger partial charge in [-0.05, 0) is 53.1 Å². The fraction of sp³-hybridized carbons (Fsp3) is 0.250. The highest BCUT2D eigenvalue weighted by molar-refractivity contribution is 7.97. The van der Waals surface area contributed by atoms with Crippen molar-refractivity contribution in [2.75, 3.05) is 20.3 Å². The van der Waals surface area contributed by atoms with E-state index in [1.165, 1.54) is 11.9 Å². The van der Waals surface area contributed by atoms with Crippen molar-refractivity contribution in [2.24, 2.45) is 0 Å². The van der Waals surface area contributed by atoms with Crippen molar-refractivity contribution in [3.05, 3.63) is 48.3 Å². The Labute approximate surface area is 149 Å². The first kappa shape index (κ1) is 17.3. The maximum absolute atomic E-state index is 8.84. The molecular formula is C16H18N6O2S. The summed E-state index contributed by atoms with van der Waals surface area (Å²) in [7, 11) is 1.61. The minimum atomic E-state index is 0.0813. The Morgan fingerprint density at radius 2 is 2.08 bits per heavy atom. The lowest BCUT2D eigenvalue weighted by atomic mass is 10.2. The molecule has 0 atom stereocenters. The van der Waals surface area contributed by atoms with E-state index in [4.69, 9.17) is 9.84 Å². The third-order valence-electron chi connectivity index (χ3n) is 3.34. The van der Waals surface area contributed by atoms with Crippen molar-refractivity contribution >= 4 is 11.9 Å². The van der Waals surface area contributed by atoms with E-state index < -0.39 is 0 Å². The molecular weight excluding hydrogens is 340 g/mol. The largest absolute Gasteiger partial charge is 0.496 e. The summed E-state index contributed by atoms with van der Waals surface area (Å²) in [5.41, 5.74) is 1.88. The molecule has 0 bridgehead atoms. The van der Waals surface area contributed by atoms with Gasteiger partial charge in [0.1, 0.15) is 5.75 Å². The van der Waals surface area contributed by atoms with Crippen LogP contribution in [0.1, 0.15) is 5.56 Å². The van der Waals surface area contributed by atoms with Crippen molar-refractivity contribution < 1.29 is 9.84 Å². The molecule has 0 aliphatic heterocycles. The number of ether oxygens (including phenoxy) is 1. The number of aliphatic hydroxyl groups is 1. The Morgan fingerprint density at radius 1 is 1.24 bits per heavy atom. The second-order valence-corrected chi connectivity index (χ2v) is 6.02. The van der Waals surface area contributed by atoms with E-state index in [0.717, 1.165) is 16.0 Å². The highest BCUT2D eigenvalue weighted by Gasteiger charge is 2.11. The number of nitrogens with one attached hydrogen (secondary N) is 1. The molecule has 0 aliphatic carbocycles. The van der Waals surface area contributed by atoms with E-state index in [2.05, 4.69) is 25.1 Å². The molecule has 0 unspecified atom stereocenters. The number of aliphatic hydroxyl groups excluding tert-OH is 1. The molecule has 0 saturated carbocycles. The third kappa shape index (κ3) is 4.53. The summed E-state index contributed by atoms with van der Waals surface area (Å²) in [6.07, 6.45) is 3.47. The van der Waals surface area contributed by atoms with Crippen LogP contribution in [0.4, 0.5) is 0 Å².